The molecule has 0 aromatic heterocycles. The van der Waals surface area contributed by atoms with Gasteiger partial charge in [-0.15, -0.1) is 0 Å². The third-order valence-electron chi connectivity index (χ3n) is 3.97. The highest BCUT2D eigenvalue weighted by Crippen LogP contribution is 2.38. The average Bonchev–Trinajstić information content (AvgIpc) is 2.21. The molecule has 0 N–H and O–H groups in total. The molecule has 0 spiro atoms. The molecule has 0 aliphatic carbocycles. The van der Waals surface area contributed by atoms with Crippen LogP contribution in [0.5, 0.6) is 0 Å². The van der Waals surface area contributed by atoms with Crippen LogP contribution in [0.4, 0.5) is 0 Å². The number of ketones is 1. The minimum absolute atomic E-state index is 0.0884. The van der Waals surface area contributed by atoms with E-state index < -0.39 is 20.7 Å². The van der Waals surface area contributed by atoms with Crippen molar-refractivity contribution in [2.24, 2.45) is 0 Å². The predicted molar refractivity (Wildman–Crippen MR) is 73.0 cm³/mol. The number of methoxy groups -OCH3 is 1. The van der Waals surface area contributed by atoms with Gasteiger partial charge in [0.15, 0.2) is 20.4 Å². The maximum atomic E-state index is 12.1. The van der Waals surface area contributed by atoms with Crippen LogP contribution in [0.3, 0.4) is 0 Å². The molecule has 0 aromatic rings. The van der Waals surface area contributed by atoms with E-state index in [4.69, 9.17) is 13.9 Å². The van der Waals surface area contributed by atoms with Crippen molar-refractivity contribution in [3.05, 3.63) is 0 Å². The summed E-state index contributed by atoms with van der Waals surface area (Å²) >= 11 is 0. The molecule has 1 saturated heterocycles. The molecule has 4 nitrogen and oxygen atoms in total. The van der Waals surface area contributed by atoms with Crippen LogP contribution in [-0.2, 0) is 18.7 Å². The van der Waals surface area contributed by atoms with Crippen molar-refractivity contribution in [3.8, 4) is 0 Å². The Kier molecular flexibility index (Phi) is 4.75. The van der Waals surface area contributed by atoms with Gasteiger partial charge in [-0.2, -0.15) is 0 Å². The monoisotopic (exact) mass is 274 g/mol. The van der Waals surface area contributed by atoms with Gasteiger partial charge < -0.3 is 13.9 Å². The number of hydrogen-bond acceptors (Lipinski definition) is 4. The zero-order valence-corrected chi connectivity index (χ0v) is 13.6. The fraction of sp³-hybridized carbons (Fsp3) is 0.923. The zero-order valence-electron chi connectivity index (χ0n) is 12.6. The Labute approximate surface area is 111 Å². The first-order valence-electron chi connectivity index (χ1n) is 6.47. The summed E-state index contributed by atoms with van der Waals surface area (Å²) in [5.41, 5.74) is 0. The van der Waals surface area contributed by atoms with Crippen LogP contribution in [0.2, 0.25) is 18.1 Å². The second-order valence-corrected chi connectivity index (χ2v) is 11.2. The van der Waals surface area contributed by atoms with E-state index in [-0.39, 0.29) is 23.3 Å². The van der Waals surface area contributed by atoms with Gasteiger partial charge in [-0.3, -0.25) is 4.79 Å². The molecular formula is C13H26O4Si. The van der Waals surface area contributed by atoms with Crippen LogP contribution in [0.25, 0.3) is 0 Å². The standard InChI is InChI=1S/C13H26O4Si/c1-9-12(10(14)8-11(15-5)16-9)17-18(6,7)13(2,3)4/h9,11-12H,8H2,1-7H3/t9-,11-,12+/m0/s1. The summed E-state index contributed by atoms with van der Waals surface area (Å²) in [6, 6.07) is 0. The molecule has 0 saturated carbocycles. The first kappa shape index (κ1) is 15.8. The number of hydrogen-bond donors (Lipinski definition) is 0. The average molecular weight is 274 g/mol. The van der Waals surface area contributed by atoms with Crippen LogP contribution in [0.15, 0.2) is 0 Å². The lowest BCUT2D eigenvalue weighted by atomic mass is 10.0. The first-order chi connectivity index (χ1) is 8.08. The highest BCUT2D eigenvalue weighted by Gasteiger charge is 2.44. The molecular weight excluding hydrogens is 248 g/mol. The van der Waals surface area contributed by atoms with Crippen LogP contribution in [-0.4, -0.2) is 39.7 Å². The Morgan fingerprint density at radius 3 is 2.28 bits per heavy atom. The lowest BCUT2D eigenvalue weighted by molar-refractivity contribution is -0.202. The van der Waals surface area contributed by atoms with Crippen LogP contribution in [0.1, 0.15) is 34.1 Å². The summed E-state index contributed by atoms with van der Waals surface area (Å²) in [6.45, 7) is 12.7. The Hall–Kier alpha value is -0.233. The molecule has 0 bridgehead atoms. The molecule has 5 heteroatoms. The van der Waals surface area contributed by atoms with Gasteiger partial charge in [-0.05, 0) is 25.1 Å². The van der Waals surface area contributed by atoms with Crippen molar-refractivity contribution in [1.82, 2.24) is 0 Å². The van der Waals surface area contributed by atoms with E-state index in [1.54, 1.807) is 7.11 Å². The van der Waals surface area contributed by atoms with Crippen molar-refractivity contribution >= 4 is 14.1 Å². The topological polar surface area (TPSA) is 44.8 Å². The number of ether oxygens (including phenoxy) is 2. The predicted octanol–water partition coefficient (Wildman–Crippen LogP) is 2.73. The maximum absolute atomic E-state index is 12.1. The second-order valence-electron chi connectivity index (χ2n) is 6.48. The van der Waals surface area contributed by atoms with E-state index >= 15 is 0 Å². The van der Waals surface area contributed by atoms with E-state index in [1.807, 2.05) is 6.92 Å². The van der Waals surface area contributed by atoms with Gasteiger partial charge in [0.1, 0.15) is 6.10 Å². The molecule has 0 amide bonds. The summed E-state index contributed by atoms with van der Waals surface area (Å²) in [6.07, 6.45) is -0.838. The Balaban J connectivity index is 2.76. The molecule has 1 aliphatic rings. The van der Waals surface area contributed by atoms with E-state index in [1.165, 1.54) is 0 Å². The van der Waals surface area contributed by atoms with E-state index in [0.717, 1.165) is 0 Å². The molecule has 0 aromatic carbocycles. The Bertz CT molecular complexity index is 309. The van der Waals surface area contributed by atoms with Crippen molar-refractivity contribution in [2.75, 3.05) is 7.11 Å². The first-order valence-corrected chi connectivity index (χ1v) is 9.38. The van der Waals surface area contributed by atoms with E-state index in [0.29, 0.717) is 0 Å². The summed E-state index contributed by atoms with van der Waals surface area (Å²) in [5, 5.41) is 0.0884. The van der Waals surface area contributed by atoms with Crippen LogP contribution >= 0.6 is 0 Å². The summed E-state index contributed by atoms with van der Waals surface area (Å²) in [4.78, 5) is 12.1. The quantitative estimate of drug-likeness (QED) is 0.742. The largest absolute Gasteiger partial charge is 0.404 e. The van der Waals surface area contributed by atoms with Gasteiger partial charge in [-0.25, -0.2) is 0 Å². The molecule has 1 fully saturated rings. The van der Waals surface area contributed by atoms with Gasteiger partial charge in [0.05, 0.1) is 12.5 Å². The SMILES string of the molecule is CO[C@@H]1CC(=O)[C@H](O[Si](C)(C)C(C)(C)C)[C@H](C)O1. The number of Topliss-reactive ketones (excluding diaryl/α,β-unsaturated/α-hetero) is 1. The lowest BCUT2D eigenvalue weighted by Crippen LogP contribution is -2.53. The van der Waals surface area contributed by atoms with Crippen LogP contribution < -0.4 is 0 Å². The maximum Gasteiger partial charge on any atom is 0.193 e. The molecule has 106 valence electrons. The van der Waals surface area contributed by atoms with Gasteiger partial charge in [0.2, 0.25) is 0 Å². The third-order valence-corrected chi connectivity index (χ3v) is 8.42. The molecule has 3 atom stereocenters. The molecule has 1 aliphatic heterocycles. The molecule has 1 heterocycles. The van der Waals surface area contributed by atoms with Crippen LogP contribution in [0, 0.1) is 0 Å². The van der Waals surface area contributed by atoms with Crippen molar-refractivity contribution in [2.45, 2.75) is 70.7 Å². The van der Waals surface area contributed by atoms with Gasteiger partial charge in [0.25, 0.3) is 0 Å². The molecule has 0 radical (unpaired) electrons. The second kappa shape index (κ2) is 5.41. The summed E-state index contributed by atoms with van der Waals surface area (Å²) < 4.78 is 16.9. The third kappa shape index (κ3) is 3.41. The summed E-state index contributed by atoms with van der Waals surface area (Å²) in [5.74, 6) is 0.0884. The number of rotatable bonds is 3. The van der Waals surface area contributed by atoms with Crippen molar-refractivity contribution in [3.63, 3.8) is 0 Å². The van der Waals surface area contributed by atoms with Gasteiger partial charge in [-0.1, -0.05) is 20.8 Å². The van der Waals surface area contributed by atoms with E-state index in [9.17, 15) is 4.79 Å². The molecule has 1 rings (SSSR count). The highest BCUT2D eigenvalue weighted by molar-refractivity contribution is 6.74. The molecule has 18 heavy (non-hydrogen) atoms. The lowest BCUT2D eigenvalue weighted by Gasteiger charge is -2.42. The molecule has 0 unspecified atom stereocenters. The zero-order chi connectivity index (χ0) is 14.1. The fourth-order valence-corrected chi connectivity index (χ4v) is 3.01. The van der Waals surface area contributed by atoms with Gasteiger partial charge in [0, 0.05) is 7.11 Å². The fourth-order valence-electron chi connectivity index (χ4n) is 1.70. The van der Waals surface area contributed by atoms with E-state index in [2.05, 4.69) is 33.9 Å². The Morgan fingerprint density at radius 2 is 1.89 bits per heavy atom. The minimum atomic E-state index is -1.95. The van der Waals surface area contributed by atoms with Crippen molar-refractivity contribution < 1.29 is 18.7 Å². The minimum Gasteiger partial charge on any atom is -0.404 e. The van der Waals surface area contributed by atoms with Gasteiger partial charge >= 0.3 is 0 Å². The smallest absolute Gasteiger partial charge is 0.193 e. The Morgan fingerprint density at radius 1 is 1.33 bits per heavy atom. The number of carbonyl (C=O) groups is 1. The summed E-state index contributed by atoms with van der Waals surface area (Å²) in [7, 11) is -0.395. The normalized spacial score (nSPS) is 30.6. The van der Waals surface area contributed by atoms with Crippen molar-refractivity contribution in [1.29, 1.82) is 0 Å². The highest BCUT2D eigenvalue weighted by atomic mass is 28.4. The number of carbonyl (C=O) groups excluding carboxylic acids is 1.